The first-order valence-corrected chi connectivity index (χ1v) is 7.93. The van der Waals surface area contributed by atoms with Gasteiger partial charge in [0.1, 0.15) is 12.1 Å². The topological polar surface area (TPSA) is 77.0 Å². The second kappa shape index (κ2) is 5.92. The number of aromatic nitrogens is 4. The van der Waals surface area contributed by atoms with E-state index in [-0.39, 0.29) is 18.0 Å². The molecule has 3 aromatic rings. The summed E-state index contributed by atoms with van der Waals surface area (Å²) >= 11 is 0. The minimum atomic E-state index is -0.0841. The zero-order valence-electron chi connectivity index (χ0n) is 13.2. The highest BCUT2D eigenvalue weighted by Gasteiger charge is 2.37. The molecule has 0 unspecified atom stereocenters. The first-order valence-electron chi connectivity index (χ1n) is 7.93. The first kappa shape index (κ1) is 14.6. The maximum atomic E-state index is 13.0. The summed E-state index contributed by atoms with van der Waals surface area (Å²) in [4.78, 5) is 14.9. The minimum absolute atomic E-state index is 0.0182. The summed E-state index contributed by atoms with van der Waals surface area (Å²) in [7, 11) is 0. The number of carbonyl (C=O) groups excluding carboxylic acids is 1. The highest BCUT2D eigenvalue weighted by Crippen LogP contribution is 2.35. The summed E-state index contributed by atoms with van der Waals surface area (Å²) in [5, 5.41) is 11.1. The van der Waals surface area contributed by atoms with E-state index in [2.05, 4.69) is 15.5 Å². The number of amides is 1. The maximum absolute atomic E-state index is 13.0. The smallest absolute Gasteiger partial charge is 0.254 e. The van der Waals surface area contributed by atoms with E-state index in [1.54, 1.807) is 10.9 Å². The Morgan fingerprint density at radius 3 is 2.67 bits per heavy atom. The van der Waals surface area contributed by atoms with Crippen molar-refractivity contribution in [1.82, 2.24) is 25.1 Å². The molecule has 1 fully saturated rings. The Bertz CT molecular complexity index is 807. The molecule has 0 radical (unpaired) electrons. The van der Waals surface area contributed by atoms with Crippen LogP contribution in [0.15, 0.2) is 53.4 Å². The molecule has 1 aliphatic rings. The summed E-state index contributed by atoms with van der Waals surface area (Å²) in [5.74, 6) is 0.824. The van der Waals surface area contributed by atoms with Gasteiger partial charge < -0.3 is 9.32 Å². The lowest BCUT2D eigenvalue weighted by atomic mass is 10.1. The Morgan fingerprint density at radius 2 is 2.08 bits per heavy atom. The van der Waals surface area contributed by atoms with Gasteiger partial charge in [0.15, 0.2) is 0 Å². The van der Waals surface area contributed by atoms with E-state index >= 15 is 0 Å². The van der Waals surface area contributed by atoms with Crippen LogP contribution in [-0.2, 0) is 0 Å². The number of furan rings is 1. The van der Waals surface area contributed by atoms with Crippen molar-refractivity contribution in [3.8, 4) is 5.69 Å². The number of tetrazole rings is 1. The van der Waals surface area contributed by atoms with Gasteiger partial charge in [-0.2, -0.15) is 0 Å². The van der Waals surface area contributed by atoms with Crippen molar-refractivity contribution in [2.45, 2.75) is 31.8 Å². The van der Waals surface area contributed by atoms with E-state index in [1.165, 1.54) is 6.33 Å². The highest BCUT2D eigenvalue weighted by atomic mass is 16.3. The predicted molar refractivity (Wildman–Crippen MR) is 85.5 cm³/mol. The molecule has 2 aromatic heterocycles. The van der Waals surface area contributed by atoms with Gasteiger partial charge in [0.25, 0.3) is 5.91 Å². The van der Waals surface area contributed by atoms with E-state index in [9.17, 15) is 4.79 Å². The highest BCUT2D eigenvalue weighted by molar-refractivity contribution is 5.95. The summed E-state index contributed by atoms with van der Waals surface area (Å²) in [6, 6.07) is 11.3. The van der Waals surface area contributed by atoms with Gasteiger partial charge in [-0.3, -0.25) is 4.79 Å². The van der Waals surface area contributed by atoms with Crippen LogP contribution in [0.1, 0.15) is 41.9 Å². The lowest BCUT2D eigenvalue weighted by Gasteiger charge is -2.28. The van der Waals surface area contributed by atoms with Crippen LogP contribution < -0.4 is 0 Å². The van der Waals surface area contributed by atoms with Crippen LogP contribution in [0.4, 0.5) is 0 Å². The van der Waals surface area contributed by atoms with Crippen molar-refractivity contribution in [3.05, 3.63) is 60.3 Å². The van der Waals surface area contributed by atoms with Gasteiger partial charge in [0.05, 0.1) is 18.0 Å². The molecule has 122 valence electrons. The second-order valence-electron chi connectivity index (χ2n) is 5.94. The molecule has 1 aromatic carbocycles. The van der Waals surface area contributed by atoms with Crippen LogP contribution in [0.2, 0.25) is 0 Å². The molecule has 4 rings (SSSR count). The molecule has 0 aliphatic heterocycles. The summed E-state index contributed by atoms with van der Waals surface area (Å²) < 4.78 is 7.04. The van der Waals surface area contributed by atoms with Crippen molar-refractivity contribution < 1.29 is 9.21 Å². The Morgan fingerprint density at radius 1 is 1.29 bits per heavy atom. The lowest BCUT2D eigenvalue weighted by Crippen LogP contribution is -2.35. The van der Waals surface area contributed by atoms with Crippen LogP contribution in [0, 0.1) is 0 Å². The summed E-state index contributed by atoms with van der Waals surface area (Å²) in [5.41, 5.74) is 1.46. The third-order valence-corrected chi connectivity index (χ3v) is 4.27. The Balaban J connectivity index is 1.59. The molecule has 2 heterocycles. The summed E-state index contributed by atoms with van der Waals surface area (Å²) in [6.45, 7) is 2.00. The molecular weight excluding hydrogens is 306 g/mol. The third kappa shape index (κ3) is 2.68. The molecule has 0 spiro atoms. The molecule has 1 amide bonds. The molecule has 0 bridgehead atoms. The molecule has 7 heteroatoms. The van der Waals surface area contributed by atoms with Crippen LogP contribution in [0.25, 0.3) is 5.69 Å². The first-order chi connectivity index (χ1) is 11.7. The van der Waals surface area contributed by atoms with Gasteiger partial charge in [-0.15, -0.1) is 5.10 Å². The van der Waals surface area contributed by atoms with Gasteiger partial charge in [0, 0.05) is 11.6 Å². The Hall–Kier alpha value is -2.96. The number of nitrogens with zero attached hydrogens (tertiary/aromatic N) is 5. The quantitative estimate of drug-likeness (QED) is 0.721. The van der Waals surface area contributed by atoms with Gasteiger partial charge in [0.2, 0.25) is 0 Å². The van der Waals surface area contributed by atoms with E-state index in [0.29, 0.717) is 5.56 Å². The molecule has 1 atom stereocenters. The van der Waals surface area contributed by atoms with Gasteiger partial charge >= 0.3 is 0 Å². The normalized spacial score (nSPS) is 15.2. The fourth-order valence-corrected chi connectivity index (χ4v) is 2.86. The standard InChI is InChI=1S/C17H17N5O2/c1-12(16-3-2-10-24-16)22(15-8-9-15)17(23)13-4-6-14(7-5-13)21-11-18-19-20-21/h2-7,10-12,15H,8-9H2,1H3/t12-/m1/s1. The fourth-order valence-electron chi connectivity index (χ4n) is 2.86. The van der Waals surface area contributed by atoms with Crippen molar-refractivity contribution in [2.24, 2.45) is 0 Å². The van der Waals surface area contributed by atoms with Gasteiger partial charge in [-0.1, -0.05) is 0 Å². The average molecular weight is 323 g/mol. The lowest BCUT2D eigenvalue weighted by molar-refractivity contribution is 0.0652. The molecule has 0 saturated heterocycles. The number of hydrogen-bond donors (Lipinski definition) is 0. The minimum Gasteiger partial charge on any atom is -0.467 e. The van der Waals surface area contributed by atoms with E-state index in [4.69, 9.17) is 4.42 Å². The van der Waals surface area contributed by atoms with Crippen LogP contribution >= 0.6 is 0 Å². The third-order valence-electron chi connectivity index (χ3n) is 4.27. The zero-order chi connectivity index (χ0) is 16.5. The number of rotatable bonds is 5. The molecule has 24 heavy (non-hydrogen) atoms. The Labute approximate surface area is 138 Å². The van der Waals surface area contributed by atoms with E-state index in [0.717, 1.165) is 24.3 Å². The van der Waals surface area contributed by atoms with E-state index < -0.39 is 0 Å². The molecule has 0 N–H and O–H groups in total. The van der Waals surface area contributed by atoms with E-state index in [1.807, 2.05) is 48.2 Å². The monoisotopic (exact) mass is 323 g/mol. The molecule has 7 nitrogen and oxygen atoms in total. The molecule has 1 aliphatic carbocycles. The van der Waals surface area contributed by atoms with Crippen molar-refractivity contribution in [2.75, 3.05) is 0 Å². The maximum Gasteiger partial charge on any atom is 0.254 e. The van der Waals surface area contributed by atoms with Gasteiger partial charge in [-0.25, -0.2) is 4.68 Å². The second-order valence-corrected chi connectivity index (χ2v) is 5.94. The van der Waals surface area contributed by atoms with Crippen LogP contribution in [0.5, 0.6) is 0 Å². The summed E-state index contributed by atoms with van der Waals surface area (Å²) in [6.07, 6.45) is 5.24. The van der Waals surface area contributed by atoms with Crippen molar-refractivity contribution in [3.63, 3.8) is 0 Å². The number of benzene rings is 1. The average Bonchev–Trinajstić information content (AvgIpc) is 3.10. The van der Waals surface area contributed by atoms with Gasteiger partial charge in [-0.05, 0) is 66.6 Å². The molecule has 1 saturated carbocycles. The van der Waals surface area contributed by atoms with Crippen LogP contribution in [-0.4, -0.2) is 37.1 Å². The molecular formula is C17H17N5O2. The fraction of sp³-hybridized carbons (Fsp3) is 0.294. The van der Waals surface area contributed by atoms with Crippen LogP contribution in [0.3, 0.4) is 0 Å². The van der Waals surface area contributed by atoms with Crippen molar-refractivity contribution >= 4 is 5.91 Å². The Kier molecular flexibility index (Phi) is 3.60. The predicted octanol–water partition coefficient (Wildman–Crippen LogP) is 2.62. The SMILES string of the molecule is C[C@H](c1ccco1)N(C(=O)c1ccc(-n2cnnn2)cc1)C1CC1. The zero-order valence-corrected chi connectivity index (χ0v) is 13.2. The largest absolute Gasteiger partial charge is 0.467 e. The number of hydrogen-bond acceptors (Lipinski definition) is 5. The van der Waals surface area contributed by atoms with Crippen molar-refractivity contribution in [1.29, 1.82) is 0 Å². The number of carbonyl (C=O) groups is 1.